The van der Waals surface area contributed by atoms with Crippen LogP contribution in [0.15, 0.2) is 30.3 Å². The molecule has 2 rings (SSSR count). The van der Waals surface area contributed by atoms with Crippen molar-refractivity contribution in [1.82, 2.24) is 15.5 Å². The van der Waals surface area contributed by atoms with Gasteiger partial charge in [-0.1, -0.05) is 30.3 Å². The van der Waals surface area contributed by atoms with E-state index in [9.17, 15) is 4.79 Å². The predicted octanol–water partition coefficient (Wildman–Crippen LogP) is 1.99. The Morgan fingerprint density at radius 1 is 1.23 bits per heavy atom. The molecule has 5 nitrogen and oxygen atoms in total. The Balaban J connectivity index is 1.51. The number of ether oxygens (including phenoxy) is 1. The molecule has 0 unspecified atom stereocenters. The van der Waals surface area contributed by atoms with Gasteiger partial charge in [0.1, 0.15) is 6.61 Å². The molecule has 122 valence electrons. The first-order valence-corrected chi connectivity index (χ1v) is 7.99. The van der Waals surface area contributed by atoms with Crippen LogP contribution in [0.4, 0.5) is 4.79 Å². The number of carbonyl (C=O) groups excluding carboxylic acids is 1. The number of amides is 1. The van der Waals surface area contributed by atoms with Gasteiger partial charge in [0.25, 0.3) is 0 Å². The molecule has 5 heteroatoms. The molecule has 0 radical (unpaired) electrons. The minimum absolute atomic E-state index is 0.245. The molecule has 1 amide bonds. The molecule has 0 heterocycles. The minimum Gasteiger partial charge on any atom is -0.445 e. The number of alkyl carbamates (subject to hydrolysis) is 1. The lowest BCUT2D eigenvalue weighted by atomic mass is 9.87. The van der Waals surface area contributed by atoms with Gasteiger partial charge in [0, 0.05) is 12.1 Å². The van der Waals surface area contributed by atoms with E-state index in [1.165, 1.54) is 0 Å². The Morgan fingerprint density at radius 2 is 1.95 bits per heavy atom. The van der Waals surface area contributed by atoms with Crippen LogP contribution in [-0.4, -0.2) is 50.3 Å². The zero-order chi connectivity index (χ0) is 15.8. The van der Waals surface area contributed by atoms with E-state index in [4.69, 9.17) is 4.74 Å². The van der Waals surface area contributed by atoms with Crippen LogP contribution >= 0.6 is 0 Å². The molecule has 1 aliphatic rings. The predicted molar refractivity (Wildman–Crippen MR) is 87.7 cm³/mol. The first kappa shape index (κ1) is 16.8. The zero-order valence-electron chi connectivity index (χ0n) is 13.5. The maximum Gasteiger partial charge on any atom is 0.407 e. The van der Waals surface area contributed by atoms with Crippen LogP contribution in [0.1, 0.15) is 24.8 Å². The van der Waals surface area contributed by atoms with Crippen molar-refractivity contribution in [3.05, 3.63) is 35.9 Å². The second kappa shape index (κ2) is 8.76. The molecular formula is C17H27N3O2. The van der Waals surface area contributed by atoms with Gasteiger partial charge in [-0.05, 0) is 52.0 Å². The lowest BCUT2D eigenvalue weighted by molar-refractivity contribution is 0.125. The molecule has 0 atom stereocenters. The molecule has 1 aromatic carbocycles. The topological polar surface area (TPSA) is 53.6 Å². The Kier molecular flexibility index (Phi) is 6.68. The molecule has 1 saturated carbocycles. The van der Waals surface area contributed by atoms with Gasteiger partial charge in [0.05, 0.1) is 0 Å². The fourth-order valence-electron chi connectivity index (χ4n) is 2.54. The van der Waals surface area contributed by atoms with Crippen LogP contribution in [0.5, 0.6) is 0 Å². The van der Waals surface area contributed by atoms with Crippen LogP contribution in [0.3, 0.4) is 0 Å². The summed E-state index contributed by atoms with van der Waals surface area (Å²) in [5, 5.41) is 6.43. The molecule has 2 N–H and O–H groups in total. The third-order valence-electron chi connectivity index (χ3n) is 3.89. The number of benzene rings is 1. The van der Waals surface area contributed by atoms with E-state index in [-0.39, 0.29) is 12.1 Å². The summed E-state index contributed by atoms with van der Waals surface area (Å²) >= 11 is 0. The standard InChI is InChI=1S/C17H27N3O2/c1-20(2)10-6-9-18-15-11-16(12-15)19-17(21)22-13-14-7-4-3-5-8-14/h3-5,7-8,15-16,18H,6,9-13H2,1-2H3,(H,19,21). The van der Waals surface area contributed by atoms with Crippen LogP contribution < -0.4 is 10.6 Å². The molecule has 1 fully saturated rings. The summed E-state index contributed by atoms with van der Waals surface area (Å²) in [6.45, 7) is 2.47. The molecule has 0 aliphatic heterocycles. The van der Waals surface area contributed by atoms with E-state index >= 15 is 0 Å². The third-order valence-corrected chi connectivity index (χ3v) is 3.89. The first-order valence-electron chi connectivity index (χ1n) is 7.99. The molecule has 0 bridgehead atoms. The fourth-order valence-corrected chi connectivity index (χ4v) is 2.54. The second-order valence-electron chi connectivity index (χ2n) is 6.18. The quantitative estimate of drug-likeness (QED) is 0.721. The normalized spacial score (nSPS) is 20.5. The van der Waals surface area contributed by atoms with Crippen LogP contribution in [0.25, 0.3) is 0 Å². The Labute approximate surface area is 133 Å². The average molecular weight is 305 g/mol. The zero-order valence-corrected chi connectivity index (χ0v) is 13.5. The van der Waals surface area contributed by atoms with Crippen molar-refractivity contribution in [2.45, 2.75) is 38.0 Å². The molecule has 1 aromatic rings. The minimum atomic E-state index is -0.320. The highest BCUT2D eigenvalue weighted by molar-refractivity contribution is 5.67. The number of hydrogen-bond donors (Lipinski definition) is 2. The van der Waals surface area contributed by atoms with E-state index in [1.54, 1.807) is 0 Å². The first-order chi connectivity index (χ1) is 10.6. The number of nitrogens with one attached hydrogen (secondary N) is 2. The van der Waals surface area contributed by atoms with Crippen molar-refractivity contribution < 1.29 is 9.53 Å². The Morgan fingerprint density at radius 3 is 2.64 bits per heavy atom. The lowest BCUT2D eigenvalue weighted by Gasteiger charge is -2.36. The Bertz CT molecular complexity index is 444. The average Bonchev–Trinajstić information content (AvgIpc) is 2.47. The van der Waals surface area contributed by atoms with Crippen molar-refractivity contribution in [3.63, 3.8) is 0 Å². The van der Waals surface area contributed by atoms with Crippen molar-refractivity contribution in [2.24, 2.45) is 0 Å². The van der Waals surface area contributed by atoms with Crippen molar-refractivity contribution in [3.8, 4) is 0 Å². The van der Waals surface area contributed by atoms with Gasteiger partial charge in [-0.15, -0.1) is 0 Å². The largest absolute Gasteiger partial charge is 0.445 e. The molecule has 22 heavy (non-hydrogen) atoms. The van der Waals surface area contributed by atoms with E-state index in [2.05, 4.69) is 29.6 Å². The number of hydrogen-bond acceptors (Lipinski definition) is 4. The highest BCUT2D eigenvalue weighted by atomic mass is 16.5. The summed E-state index contributed by atoms with van der Waals surface area (Å²) in [5.41, 5.74) is 1.01. The molecule has 0 saturated heterocycles. The van der Waals surface area contributed by atoms with Gasteiger partial charge < -0.3 is 20.3 Å². The summed E-state index contributed by atoms with van der Waals surface area (Å²) in [7, 11) is 4.18. The summed E-state index contributed by atoms with van der Waals surface area (Å²) in [6, 6.07) is 10.5. The SMILES string of the molecule is CN(C)CCCNC1CC(NC(=O)OCc2ccccc2)C1. The van der Waals surface area contributed by atoms with Gasteiger partial charge in [-0.3, -0.25) is 0 Å². The molecule has 1 aliphatic carbocycles. The van der Waals surface area contributed by atoms with E-state index in [0.29, 0.717) is 12.6 Å². The van der Waals surface area contributed by atoms with Crippen molar-refractivity contribution in [1.29, 1.82) is 0 Å². The fraction of sp³-hybridized carbons (Fsp3) is 0.588. The number of carbonyl (C=O) groups is 1. The molecule has 0 spiro atoms. The van der Waals surface area contributed by atoms with Crippen LogP contribution in [0, 0.1) is 0 Å². The number of rotatable bonds is 8. The van der Waals surface area contributed by atoms with Crippen molar-refractivity contribution in [2.75, 3.05) is 27.2 Å². The smallest absolute Gasteiger partial charge is 0.407 e. The maximum atomic E-state index is 11.7. The highest BCUT2D eigenvalue weighted by Gasteiger charge is 2.30. The van der Waals surface area contributed by atoms with Gasteiger partial charge in [0.2, 0.25) is 0 Å². The van der Waals surface area contributed by atoms with Gasteiger partial charge in [0.15, 0.2) is 0 Å². The van der Waals surface area contributed by atoms with Crippen LogP contribution in [-0.2, 0) is 11.3 Å². The summed E-state index contributed by atoms with van der Waals surface area (Å²) < 4.78 is 5.22. The lowest BCUT2D eigenvalue weighted by Crippen LogP contribution is -2.52. The second-order valence-corrected chi connectivity index (χ2v) is 6.18. The number of nitrogens with zero attached hydrogens (tertiary/aromatic N) is 1. The van der Waals surface area contributed by atoms with Crippen LogP contribution in [0.2, 0.25) is 0 Å². The maximum absolute atomic E-state index is 11.7. The summed E-state index contributed by atoms with van der Waals surface area (Å²) in [4.78, 5) is 13.9. The van der Waals surface area contributed by atoms with Gasteiger partial charge in [-0.2, -0.15) is 0 Å². The summed E-state index contributed by atoms with van der Waals surface area (Å²) in [6.07, 6.45) is 2.81. The molecule has 0 aromatic heterocycles. The van der Waals surface area contributed by atoms with E-state index in [1.807, 2.05) is 30.3 Å². The highest BCUT2D eigenvalue weighted by Crippen LogP contribution is 2.20. The third kappa shape index (κ3) is 6.03. The molecular weight excluding hydrogens is 278 g/mol. The Hall–Kier alpha value is -1.59. The summed E-state index contributed by atoms with van der Waals surface area (Å²) in [5.74, 6) is 0. The van der Waals surface area contributed by atoms with Gasteiger partial charge in [-0.25, -0.2) is 4.79 Å². The van der Waals surface area contributed by atoms with E-state index in [0.717, 1.165) is 37.9 Å². The monoisotopic (exact) mass is 305 g/mol. The van der Waals surface area contributed by atoms with Gasteiger partial charge >= 0.3 is 6.09 Å². The van der Waals surface area contributed by atoms with E-state index < -0.39 is 0 Å². The van der Waals surface area contributed by atoms with Crippen molar-refractivity contribution >= 4 is 6.09 Å².